The molecule has 0 aliphatic carbocycles. The van der Waals surface area contributed by atoms with Gasteiger partial charge in [-0.1, -0.05) is 19.9 Å². The van der Waals surface area contributed by atoms with Gasteiger partial charge in [0.05, 0.1) is 0 Å². The average Bonchev–Trinajstić information content (AvgIpc) is 3.08. The summed E-state index contributed by atoms with van der Waals surface area (Å²) in [7, 11) is 0. The first-order valence-electron chi connectivity index (χ1n) is 7.09. The van der Waals surface area contributed by atoms with Crippen LogP contribution in [0.25, 0.3) is 5.57 Å². The van der Waals surface area contributed by atoms with E-state index in [0.717, 1.165) is 0 Å². The molecule has 0 aliphatic heterocycles. The maximum atomic E-state index is 12.0. The molecule has 8 nitrogen and oxygen atoms in total. The molecule has 2 aromatic rings. The monoisotopic (exact) mass is 311 g/mol. The Hall–Kier alpha value is -3.21. The van der Waals surface area contributed by atoms with Gasteiger partial charge < -0.3 is 10.6 Å². The molecule has 1 heterocycles. The molecule has 0 spiro atoms. The Labute approximate surface area is 133 Å². The molecule has 3 N–H and O–H groups in total. The van der Waals surface area contributed by atoms with Crippen molar-refractivity contribution >= 4 is 17.2 Å². The van der Waals surface area contributed by atoms with E-state index in [1.54, 1.807) is 24.3 Å². The van der Waals surface area contributed by atoms with Gasteiger partial charge in [0.2, 0.25) is 5.82 Å². The van der Waals surface area contributed by atoms with Gasteiger partial charge in [-0.25, -0.2) is 0 Å². The molecule has 118 valence electrons. The molecule has 1 aromatic carbocycles. The Morgan fingerprint density at radius 2 is 2.30 bits per heavy atom. The predicted molar refractivity (Wildman–Crippen MR) is 85.0 cm³/mol. The SMILES string of the molecule is CC(C)CNC(=O)c1cccc(NC=C(C#N)c2nn[nH]n2)c1. The van der Waals surface area contributed by atoms with Crippen molar-refractivity contribution in [2.24, 2.45) is 5.92 Å². The van der Waals surface area contributed by atoms with Gasteiger partial charge in [0, 0.05) is 24.0 Å². The summed E-state index contributed by atoms with van der Waals surface area (Å²) in [5.41, 5.74) is 1.45. The Morgan fingerprint density at radius 1 is 1.48 bits per heavy atom. The van der Waals surface area contributed by atoms with Gasteiger partial charge in [-0.2, -0.15) is 10.5 Å². The minimum Gasteiger partial charge on any atom is -0.360 e. The van der Waals surface area contributed by atoms with Crippen LogP contribution in [-0.2, 0) is 0 Å². The average molecular weight is 311 g/mol. The standard InChI is InChI=1S/C15H17N7O/c1-10(2)8-18-15(23)11-4-3-5-13(6-11)17-9-12(7-16)14-19-21-22-20-14/h3-6,9-10,17H,8H2,1-2H3,(H,18,23)(H,19,20,21,22). The first kappa shape index (κ1) is 16.2. The fourth-order valence-corrected chi connectivity index (χ4v) is 1.73. The number of rotatable bonds is 6. The van der Waals surface area contributed by atoms with Crippen LogP contribution in [0, 0.1) is 17.2 Å². The third kappa shape index (κ3) is 4.64. The van der Waals surface area contributed by atoms with Crippen LogP contribution in [0.1, 0.15) is 30.0 Å². The number of tetrazole rings is 1. The highest BCUT2D eigenvalue weighted by Crippen LogP contribution is 2.13. The van der Waals surface area contributed by atoms with Crippen LogP contribution in [-0.4, -0.2) is 33.1 Å². The Morgan fingerprint density at radius 3 is 2.96 bits per heavy atom. The van der Waals surface area contributed by atoms with Crippen LogP contribution < -0.4 is 10.6 Å². The van der Waals surface area contributed by atoms with Gasteiger partial charge in [0.25, 0.3) is 5.91 Å². The number of nitrogens with zero attached hydrogens (tertiary/aromatic N) is 4. The lowest BCUT2D eigenvalue weighted by Crippen LogP contribution is -2.27. The molecule has 0 fully saturated rings. The van der Waals surface area contributed by atoms with Crippen molar-refractivity contribution in [2.75, 3.05) is 11.9 Å². The number of hydrogen-bond donors (Lipinski definition) is 3. The second-order valence-corrected chi connectivity index (χ2v) is 5.23. The van der Waals surface area contributed by atoms with Gasteiger partial charge in [0.15, 0.2) is 0 Å². The summed E-state index contributed by atoms with van der Waals surface area (Å²) in [6.07, 6.45) is 1.47. The number of nitrogens with one attached hydrogen (secondary N) is 3. The van der Waals surface area contributed by atoms with Crippen molar-refractivity contribution < 1.29 is 4.79 Å². The smallest absolute Gasteiger partial charge is 0.251 e. The summed E-state index contributed by atoms with van der Waals surface area (Å²) in [6.45, 7) is 4.68. The number of H-pyrrole nitrogens is 1. The number of amides is 1. The number of anilines is 1. The van der Waals surface area contributed by atoms with Crippen LogP contribution in [0.15, 0.2) is 30.5 Å². The lowest BCUT2D eigenvalue weighted by atomic mass is 10.1. The van der Waals surface area contributed by atoms with Crippen molar-refractivity contribution in [1.82, 2.24) is 25.9 Å². The summed E-state index contributed by atoms with van der Waals surface area (Å²) >= 11 is 0. The number of hydrogen-bond acceptors (Lipinski definition) is 6. The molecule has 2 rings (SSSR count). The molecule has 0 unspecified atom stereocenters. The molecule has 0 atom stereocenters. The molecule has 0 saturated carbocycles. The maximum absolute atomic E-state index is 12.0. The van der Waals surface area contributed by atoms with Crippen LogP contribution in [0.2, 0.25) is 0 Å². The fraction of sp³-hybridized carbons (Fsp3) is 0.267. The summed E-state index contributed by atoms with van der Waals surface area (Å²) in [6, 6.07) is 8.97. The number of allylic oxidation sites excluding steroid dienone is 1. The highest BCUT2D eigenvalue weighted by Gasteiger charge is 2.08. The Bertz CT molecular complexity index is 729. The normalized spacial score (nSPS) is 11.1. The van der Waals surface area contributed by atoms with E-state index in [2.05, 4.69) is 31.3 Å². The van der Waals surface area contributed by atoms with E-state index in [0.29, 0.717) is 23.7 Å². The van der Waals surface area contributed by atoms with Gasteiger partial charge in [-0.3, -0.25) is 4.79 Å². The van der Waals surface area contributed by atoms with Gasteiger partial charge >= 0.3 is 0 Å². The number of aromatic nitrogens is 4. The van der Waals surface area contributed by atoms with E-state index >= 15 is 0 Å². The van der Waals surface area contributed by atoms with E-state index in [-0.39, 0.29) is 17.3 Å². The number of nitriles is 1. The lowest BCUT2D eigenvalue weighted by Gasteiger charge is -2.09. The largest absolute Gasteiger partial charge is 0.360 e. The molecular formula is C15H17N7O. The van der Waals surface area contributed by atoms with Crippen molar-refractivity contribution in [1.29, 1.82) is 5.26 Å². The summed E-state index contributed by atoms with van der Waals surface area (Å²) in [4.78, 5) is 12.0. The van der Waals surface area contributed by atoms with Crippen LogP contribution >= 0.6 is 0 Å². The number of benzene rings is 1. The van der Waals surface area contributed by atoms with Crippen molar-refractivity contribution in [3.05, 3.63) is 41.9 Å². The fourth-order valence-electron chi connectivity index (χ4n) is 1.73. The van der Waals surface area contributed by atoms with Crippen molar-refractivity contribution in [3.8, 4) is 6.07 Å². The third-order valence-electron chi connectivity index (χ3n) is 2.89. The summed E-state index contributed by atoms with van der Waals surface area (Å²) in [5.74, 6) is 0.451. The highest BCUT2D eigenvalue weighted by atomic mass is 16.1. The zero-order chi connectivity index (χ0) is 16.7. The van der Waals surface area contributed by atoms with E-state index in [9.17, 15) is 4.79 Å². The van der Waals surface area contributed by atoms with E-state index < -0.39 is 0 Å². The van der Waals surface area contributed by atoms with Gasteiger partial charge in [-0.05, 0) is 29.3 Å². The molecular weight excluding hydrogens is 294 g/mol. The first-order chi connectivity index (χ1) is 11.1. The number of carbonyl (C=O) groups excluding carboxylic acids is 1. The highest BCUT2D eigenvalue weighted by molar-refractivity contribution is 5.95. The third-order valence-corrected chi connectivity index (χ3v) is 2.89. The lowest BCUT2D eigenvalue weighted by molar-refractivity contribution is 0.0949. The van der Waals surface area contributed by atoms with Crippen molar-refractivity contribution in [2.45, 2.75) is 13.8 Å². The predicted octanol–water partition coefficient (Wildman–Crippen LogP) is 1.56. The molecule has 8 heteroatoms. The van der Waals surface area contributed by atoms with E-state index in [4.69, 9.17) is 5.26 Å². The molecule has 0 bridgehead atoms. The Kier molecular flexibility index (Phi) is 5.41. The maximum Gasteiger partial charge on any atom is 0.251 e. The number of aromatic amines is 1. The van der Waals surface area contributed by atoms with Crippen LogP contribution in [0.4, 0.5) is 5.69 Å². The molecule has 23 heavy (non-hydrogen) atoms. The van der Waals surface area contributed by atoms with Crippen molar-refractivity contribution in [3.63, 3.8) is 0 Å². The zero-order valence-corrected chi connectivity index (χ0v) is 12.9. The van der Waals surface area contributed by atoms with Gasteiger partial charge in [-0.15, -0.1) is 10.2 Å². The first-order valence-corrected chi connectivity index (χ1v) is 7.09. The van der Waals surface area contributed by atoms with E-state index in [1.807, 2.05) is 19.9 Å². The topological polar surface area (TPSA) is 119 Å². The summed E-state index contributed by atoms with van der Waals surface area (Å²) in [5, 5.41) is 28.1. The van der Waals surface area contributed by atoms with Crippen LogP contribution in [0.3, 0.4) is 0 Å². The Balaban J connectivity index is 2.08. The zero-order valence-electron chi connectivity index (χ0n) is 12.9. The quantitative estimate of drug-likeness (QED) is 0.696. The minimum atomic E-state index is -0.134. The summed E-state index contributed by atoms with van der Waals surface area (Å²) < 4.78 is 0. The molecule has 1 aromatic heterocycles. The van der Waals surface area contributed by atoms with Gasteiger partial charge in [0.1, 0.15) is 11.6 Å². The molecule has 1 amide bonds. The molecule has 0 saturated heterocycles. The number of carbonyl (C=O) groups is 1. The second-order valence-electron chi connectivity index (χ2n) is 5.23. The molecule has 0 aliphatic rings. The van der Waals surface area contributed by atoms with Crippen LogP contribution in [0.5, 0.6) is 0 Å². The minimum absolute atomic E-state index is 0.134. The van der Waals surface area contributed by atoms with E-state index in [1.165, 1.54) is 6.20 Å². The second kappa shape index (κ2) is 7.70. The molecule has 0 radical (unpaired) electrons.